The van der Waals surface area contributed by atoms with E-state index in [4.69, 9.17) is 4.74 Å². The summed E-state index contributed by atoms with van der Waals surface area (Å²) in [4.78, 5) is 38.5. The largest absolute Gasteiger partial charge is 0.449 e. The van der Waals surface area contributed by atoms with E-state index >= 15 is 0 Å². The zero-order valence-electron chi connectivity index (χ0n) is 18.0. The third-order valence-corrected chi connectivity index (χ3v) is 5.31. The minimum absolute atomic E-state index is 0.164. The molecule has 1 fully saturated rings. The van der Waals surface area contributed by atoms with Gasteiger partial charge >= 0.3 is 5.97 Å². The number of nitrogens with zero attached hydrogens (tertiary/aromatic N) is 1. The maximum atomic E-state index is 12.5. The van der Waals surface area contributed by atoms with E-state index in [2.05, 4.69) is 5.32 Å². The third-order valence-electron chi connectivity index (χ3n) is 5.31. The van der Waals surface area contributed by atoms with Crippen molar-refractivity contribution in [3.63, 3.8) is 0 Å². The minimum atomic E-state index is -0.931. The van der Waals surface area contributed by atoms with E-state index in [1.54, 1.807) is 19.1 Å². The molecule has 0 radical (unpaired) electrons. The summed E-state index contributed by atoms with van der Waals surface area (Å²) in [6, 6.07) is 10.9. The van der Waals surface area contributed by atoms with Crippen LogP contribution in [0.1, 0.15) is 52.4 Å². The van der Waals surface area contributed by atoms with Crippen LogP contribution in [0, 0.1) is 20.8 Å². The van der Waals surface area contributed by atoms with E-state index in [0.29, 0.717) is 18.5 Å². The zero-order valence-corrected chi connectivity index (χ0v) is 18.0. The maximum Gasteiger partial charge on any atom is 0.338 e. The number of likely N-dealkylation sites (tertiary alicyclic amines) is 1. The number of esters is 1. The van der Waals surface area contributed by atoms with Crippen molar-refractivity contribution in [3.8, 4) is 0 Å². The first kappa shape index (κ1) is 21.6. The summed E-state index contributed by atoms with van der Waals surface area (Å²) in [7, 11) is 0. The second kappa shape index (κ2) is 9.11. The first-order chi connectivity index (χ1) is 14.2. The SMILES string of the molecule is Cc1cc(C)c(NC(=O)[C@@H](C)OC(=O)c2ccc(CN3CCCC3=O)cc2)c(C)c1. The molecule has 0 bridgehead atoms. The monoisotopic (exact) mass is 408 g/mol. The van der Waals surface area contributed by atoms with Gasteiger partial charge in [0, 0.05) is 25.2 Å². The Balaban J connectivity index is 1.58. The van der Waals surface area contributed by atoms with E-state index < -0.39 is 12.1 Å². The van der Waals surface area contributed by atoms with Crippen LogP contribution in [-0.2, 0) is 20.9 Å². The molecule has 2 aromatic carbocycles. The Morgan fingerprint density at radius 2 is 1.73 bits per heavy atom. The summed E-state index contributed by atoms with van der Waals surface area (Å²) in [6.07, 6.45) is 0.566. The van der Waals surface area contributed by atoms with E-state index in [9.17, 15) is 14.4 Å². The highest BCUT2D eigenvalue weighted by atomic mass is 16.5. The highest BCUT2D eigenvalue weighted by Crippen LogP contribution is 2.22. The predicted molar refractivity (Wildman–Crippen MR) is 115 cm³/mol. The second-order valence-electron chi connectivity index (χ2n) is 7.93. The van der Waals surface area contributed by atoms with E-state index in [1.807, 2.05) is 49.9 Å². The van der Waals surface area contributed by atoms with E-state index in [-0.39, 0.29) is 11.8 Å². The molecular formula is C24H28N2O4. The summed E-state index contributed by atoms with van der Waals surface area (Å²) in [5.41, 5.74) is 5.12. The quantitative estimate of drug-likeness (QED) is 0.735. The van der Waals surface area contributed by atoms with Gasteiger partial charge in [-0.05, 0) is 62.9 Å². The lowest BCUT2D eigenvalue weighted by Crippen LogP contribution is -2.30. The molecule has 1 saturated heterocycles. The van der Waals surface area contributed by atoms with Crippen LogP contribution in [0.15, 0.2) is 36.4 Å². The molecular weight excluding hydrogens is 380 g/mol. The fourth-order valence-electron chi connectivity index (χ4n) is 3.72. The first-order valence-corrected chi connectivity index (χ1v) is 10.2. The molecule has 0 aliphatic carbocycles. The van der Waals surface area contributed by atoms with Gasteiger partial charge in [0.1, 0.15) is 0 Å². The van der Waals surface area contributed by atoms with E-state index in [1.165, 1.54) is 0 Å². The topological polar surface area (TPSA) is 75.7 Å². The lowest BCUT2D eigenvalue weighted by molar-refractivity contribution is -0.128. The molecule has 0 unspecified atom stereocenters. The molecule has 1 atom stereocenters. The van der Waals surface area contributed by atoms with Crippen LogP contribution < -0.4 is 5.32 Å². The van der Waals surface area contributed by atoms with Crippen molar-refractivity contribution in [2.45, 2.75) is 53.2 Å². The van der Waals surface area contributed by atoms with Crippen LogP contribution in [0.4, 0.5) is 5.69 Å². The van der Waals surface area contributed by atoms with Crippen molar-refractivity contribution in [1.29, 1.82) is 0 Å². The average molecular weight is 408 g/mol. The number of aryl methyl sites for hydroxylation is 3. The number of anilines is 1. The Morgan fingerprint density at radius 3 is 2.30 bits per heavy atom. The second-order valence-corrected chi connectivity index (χ2v) is 7.93. The molecule has 3 rings (SSSR count). The summed E-state index contributed by atoms with van der Waals surface area (Å²) < 4.78 is 5.35. The third kappa shape index (κ3) is 5.06. The average Bonchev–Trinajstić information content (AvgIpc) is 3.09. The van der Waals surface area contributed by atoms with Gasteiger partial charge in [0.15, 0.2) is 6.10 Å². The van der Waals surface area contributed by atoms with Crippen molar-refractivity contribution in [2.24, 2.45) is 0 Å². The normalized spacial score (nSPS) is 14.5. The van der Waals surface area contributed by atoms with Gasteiger partial charge in [-0.15, -0.1) is 0 Å². The smallest absolute Gasteiger partial charge is 0.338 e. The number of hydrogen-bond acceptors (Lipinski definition) is 4. The van der Waals surface area contributed by atoms with Crippen LogP contribution in [0.25, 0.3) is 0 Å². The van der Waals surface area contributed by atoms with Crippen molar-refractivity contribution in [1.82, 2.24) is 4.90 Å². The number of nitrogens with one attached hydrogen (secondary N) is 1. The van der Waals surface area contributed by atoms with Gasteiger partial charge in [0.2, 0.25) is 5.91 Å². The molecule has 1 aliphatic heterocycles. The molecule has 1 N–H and O–H groups in total. The Kier molecular flexibility index (Phi) is 6.55. The lowest BCUT2D eigenvalue weighted by Gasteiger charge is -2.17. The molecule has 2 amide bonds. The molecule has 1 heterocycles. The predicted octanol–water partition coefficient (Wildman–Crippen LogP) is 3.92. The van der Waals surface area contributed by atoms with Gasteiger partial charge in [-0.2, -0.15) is 0 Å². The van der Waals surface area contributed by atoms with Crippen molar-refractivity contribution in [3.05, 3.63) is 64.2 Å². The highest BCUT2D eigenvalue weighted by Gasteiger charge is 2.22. The Hall–Kier alpha value is -3.15. The van der Waals surface area contributed by atoms with Crippen LogP contribution in [0.2, 0.25) is 0 Å². The molecule has 0 saturated carbocycles. The first-order valence-electron chi connectivity index (χ1n) is 10.2. The Morgan fingerprint density at radius 1 is 1.10 bits per heavy atom. The molecule has 6 heteroatoms. The molecule has 158 valence electrons. The minimum Gasteiger partial charge on any atom is -0.449 e. The number of ether oxygens (including phenoxy) is 1. The number of carbonyl (C=O) groups excluding carboxylic acids is 3. The molecule has 30 heavy (non-hydrogen) atoms. The van der Waals surface area contributed by atoms with Crippen LogP contribution >= 0.6 is 0 Å². The summed E-state index contributed by atoms with van der Waals surface area (Å²) in [5, 5.41) is 2.86. The summed E-state index contributed by atoms with van der Waals surface area (Å²) in [6.45, 7) is 8.74. The number of benzene rings is 2. The van der Waals surface area contributed by atoms with Gasteiger partial charge in [-0.3, -0.25) is 9.59 Å². The highest BCUT2D eigenvalue weighted by molar-refractivity contribution is 5.98. The zero-order chi connectivity index (χ0) is 21.8. The van der Waals surface area contributed by atoms with Crippen LogP contribution in [0.3, 0.4) is 0 Å². The van der Waals surface area contributed by atoms with Crippen LogP contribution in [-0.4, -0.2) is 35.3 Å². The van der Waals surface area contributed by atoms with Gasteiger partial charge in [0.25, 0.3) is 5.91 Å². The standard InChI is InChI=1S/C24H28N2O4/c1-15-12-16(2)22(17(3)13-15)25-23(28)18(4)30-24(29)20-9-7-19(8-10-20)14-26-11-5-6-21(26)27/h7-10,12-13,18H,5-6,11,14H2,1-4H3,(H,25,28)/t18-/m1/s1. The van der Waals surface area contributed by atoms with Gasteiger partial charge in [-0.1, -0.05) is 29.8 Å². The number of rotatable bonds is 6. The number of hydrogen-bond donors (Lipinski definition) is 1. The Labute approximate surface area is 177 Å². The number of carbonyl (C=O) groups is 3. The fourth-order valence-corrected chi connectivity index (χ4v) is 3.72. The lowest BCUT2D eigenvalue weighted by atomic mass is 10.0. The van der Waals surface area contributed by atoms with Crippen molar-refractivity contribution < 1.29 is 19.1 Å². The summed E-state index contributed by atoms with van der Waals surface area (Å²) in [5.74, 6) is -0.765. The molecule has 1 aliphatic rings. The Bertz CT molecular complexity index is 943. The van der Waals surface area contributed by atoms with Crippen molar-refractivity contribution in [2.75, 3.05) is 11.9 Å². The molecule has 2 aromatic rings. The van der Waals surface area contributed by atoms with Crippen LogP contribution in [0.5, 0.6) is 0 Å². The molecule has 0 spiro atoms. The molecule has 0 aromatic heterocycles. The van der Waals surface area contributed by atoms with Gasteiger partial charge in [0.05, 0.1) is 5.56 Å². The molecule has 6 nitrogen and oxygen atoms in total. The van der Waals surface area contributed by atoms with Gasteiger partial charge in [-0.25, -0.2) is 4.79 Å². The van der Waals surface area contributed by atoms with E-state index in [0.717, 1.165) is 40.9 Å². The van der Waals surface area contributed by atoms with Gasteiger partial charge < -0.3 is 15.0 Å². The summed E-state index contributed by atoms with van der Waals surface area (Å²) >= 11 is 0. The number of amides is 2. The van der Waals surface area contributed by atoms with Crippen molar-refractivity contribution >= 4 is 23.5 Å². The fraction of sp³-hybridized carbons (Fsp3) is 0.375. The maximum absolute atomic E-state index is 12.5.